The highest BCUT2D eigenvalue weighted by Gasteiger charge is 2.36. The lowest BCUT2D eigenvalue weighted by Gasteiger charge is -2.37. The molecule has 4 heteroatoms. The first kappa shape index (κ1) is 14.2. The highest BCUT2D eigenvalue weighted by atomic mass is 16.2. The van der Waals surface area contributed by atoms with Gasteiger partial charge in [0, 0.05) is 25.7 Å². The van der Waals surface area contributed by atoms with Crippen molar-refractivity contribution >= 4 is 6.03 Å². The van der Waals surface area contributed by atoms with Gasteiger partial charge in [-0.3, -0.25) is 0 Å². The first-order chi connectivity index (χ1) is 9.74. The van der Waals surface area contributed by atoms with E-state index in [2.05, 4.69) is 22.0 Å². The zero-order valence-corrected chi connectivity index (χ0v) is 12.8. The molecule has 1 aliphatic carbocycles. The van der Waals surface area contributed by atoms with Crippen LogP contribution < -0.4 is 5.32 Å². The fourth-order valence-corrected chi connectivity index (χ4v) is 3.49. The number of urea groups is 1. The van der Waals surface area contributed by atoms with E-state index in [4.69, 9.17) is 0 Å². The van der Waals surface area contributed by atoms with Gasteiger partial charge < -0.3 is 15.1 Å². The molecule has 0 spiro atoms. The zero-order chi connectivity index (χ0) is 13.9. The Balaban J connectivity index is 1.56. The monoisotopic (exact) mass is 279 g/mol. The summed E-state index contributed by atoms with van der Waals surface area (Å²) >= 11 is 0. The number of carbonyl (C=O) groups is 1. The summed E-state index contributed by atoms with van der Waals surface area (Å²) in [5, 5.41) is 3.42. The van der Waals surface area contributed by atoms with Gasteiger partial charge in [0.15, 0.2) is 0 Å². The van der Waals surface area contributed by atoms with E-state index < -0.39 is 0 Å². The van der Waals surface area contributed by atoms with Gasteiger partial charge in [-0.05, 0) is 63.5 Å². The molecule has 3 rings (SSSR count). The Morgan fingerprint density at radius 1 is 1.10 bits per heavy atom. The predicted molar refractivity (Wildman–Crippen MR) is 80.7 cm³/mol. The van der Waals surface area contributed by atoms with Crippen LogP contribution in [0.15, 0.2) is 0 Å². The quantitative estimate of drug-likeness (QED) is 0.860. The summed E-state index contributed by atoms with van der Waals surface area (Å²) in [7, 11) is 0. The van der Waals surface area contributed by atoms with Crippen LogP contribution in [0.3, 0.4) is 0 Å². The number of hydrogen-bond acceptors (Lipinski definition) is 2. The van der Waals surface area contributed by atoms with Gasteiger partial charge in [0.1, 0.15) is 0 Å². The molecule has 3 fully saturated rings. The standard InChI is InChI=1S/C16H29N3O/c1-13-6-10-18(11-7-13)16(20)19(15-2-3-15)12-14-4-8-17-9-5-14/h13-15,17H,2-12H2,1H3. The lowest BCUT2D eigenvalue weighted by molar-refractivity contribution is 0.121. The number of carbonyl (C=O) groups excluding carboxylic acids is 1. The fourth-order valence-electron chi connectivity index (χ4n) is 3.49. The van der Waals surface area contributed by atoms with E-state index in [1.807, 2.05) is 0 Å². The minimum atomic E-state index is 0.331. The smallest absolute Gasteiger partial charge is 0.320 e. The van der Waals surface area contributed by atoms with Crippen LogP contribution in [0.2, 0.25) is 0 Å². The molecule has 0 radical (unpaired) electrons. The van der Waals surface area contributed by atoms with E-state index in [1.165, 1.54) is 38.5 Å². The molecule has 3 aliphatic rings. The van der Waals surface area contributed by atoms with Crippen molar-refractivity contribution in [2.45, 2.75) is 51.5 Å². The van der Waals surface area contributed by atoms with E-state index >= 15 is 0 Å². The fraction of sp³-hybridized carbons (Fsp3) is 0.938. The molecular weight excluding hydrogens is 250 g/mol. The number of piperidine rings is 2. The Morgan fingerprint density at radius 2 is 1.75 bits per heavy atom. The minimum absolute atomic E-state index is 0.331. The van der Waals surface area contributed by atoms with Crippen LogP contribution >= 0.6 is 0 Å². The summed E-state index contributed by atoms with van der Waals surface area (Å²) in [6.45, 7) is 7.48. The average Bonchev–Trinajstić information content (AvgIpc) is 3.30. The molecular formula is C16H29N3O. The van der Waals surface area contributed by atoms with Gasteiger partial charge in [-0.1, -0.05) is 6.92 Å². The van der Waals surface area contributed by atoms with Crippen molar-refractivity contribution in [3.63, 3.8) is 0 Å². The molecule has 0 atom stereocenters. The molecule has 0 aromatic rings. The Bertz CT molecular complexity index is 329. The molecule has 2 aliphatic heterocycles. The Hall–Kier alpha value is -0.770. The molecule has 114 valence electrons. The van der Waals surface area contributed by atoms with Crippen LogP contribution in [-0.2, 0) is 0 Å². The summed E-state index contributed by atoms with van der Waals surface area (Å²) in [5.41, 5.74) is 0. The Morgan fingerprint density at radius 3 is 2.35 bits per heavy atom. The largest absolute Gasteiger partial charge is 0.325 e. The van der Waals surface area contributed by atoms with E-state index in [1.54, 1.807) is 0 Å². The SMILES string of the molecule is CC1CCN(C(=O)N(CC2CCNCC2)C2CC2)CC1. The number of hydrogen-bond donors (Lipinski definition) is 1. The number of rotatable bonds is 3. The lowest BCUT2D eigenvalue weighted by atomic mass is 9.97. The van der Waals surface area contributed by atoms with Gasteiger partial charge in [0.05, 0.1) is 0 Å². The third-order valence-corrected chi connectivity index (χ3v) is 5.20. The van der Waals surface area contributed by atoms with Crippen molar-refractivity contribution in [2.24, 2.45) is 11.8 Å². The highest BCUT2D eigenvalue weighted by molar-refractivity contribution is 5.75. The Labute approximate surface area is 122 Å². The van der Waals surface area contributed by atoms with Crippen molar-refractivity contribution in [1.29, 1.82) is 0 Å². The first-order valence-corrected chi connectivity index (χ1v) is 8.50. The van der Waals surface area contributed by atoms with Crippen LogP contribution in [0.4, 0.5) is 4.79 Å². The van der Waals surface area contributed by atoms with E-state index in [0.717, 1.165) is 38.6 Å². The van der Waals surface area contributed by atoms with Crippen molar-refractivity contribution in [1.82, 2.24) is 15.1 Å². The van der Waals surface area contributed by atoms with Gasteiger partial charge in [-0.2, -0.15) is 0 Å². The number of nitrogens with one attached hydrogen (secondary N) is 1. The number of likely N-dealkylation sites (tertiary alicyclic amines) is 1. The number of amides is 2. The van der Waals surface area contributed by atoms with E-state index in [-0.39, 0.29) is 0 Å². The van der Waals surface area contributed by atoms with Crippen LogP contribution in [0.25, 0.3) is 0 Å². The molecule has 2 saturated heterocycles. The van der Waals surface area contributed by atoms with Gasteiger partial charge >= 0.3 is 6.03 Å². The molecule has 1 N–H and O–H groups in total. The van der Waals surface area contributed by atoms with Gasteiger partial charge in [-0.15, -0.1) is 0 Å². The van der Waals surface area contributed by atoms with Crippen molar-refractivity contribution in [3.05, 3.63) is 0 Å². The maximum atomic E-state index is 12.8. The maximum absolute atomic E-state index is 12.8. The third kappa shape index (κ3) is 3.46. The van der Waals surface area contributed by atoms with Crippen LogP contribution in [0, 0.1) is 11.8 Å². The molecule has 0 unspecified atom stereocenters. The van der Waals surface area contributed by atoms with Gasteiger partial charge in [-0.25, -0.2) is 4.79 Å². The second kappa shape index (κ2) is 6.33. The molecule has 1 saturated carbocycles. The molecule has 0 aromatic heterocycles. The first-order valence-electron chi connectivity index (χ1n) is 8.50. The summed E-state index contributed by atoms with van der Waals surface area (Å²) in [6, 6.07) is 0.884. The molecule has 0 bridgehead atoms. The van der Waals surface area contributed by atoms with Crippen molar-refractivity contribution in [3.8, 4) is 0 Å². The maximum Gasteiger partial charge on any atom is 0.320 e. The van der Waals surface area contributed by atoms with Crippen LogP contribution in [0.5, 0.6) is 0 Å². The second-order valence-electron chi connectivity index (χ2n) is 7.03. The lowest BCUT2D eigenvalue weighted by Crippen LogP contribution is -2.49. The summed E-state index contributed by atoms with van der Waals surface area (Å²) in [4.78, 5) is 17.1. The van der Waals surface area contributed by atoms with Crippen molar-refractivity contribution < 1.29 is 4.79 Å². The predicted octanol–water partition coefficient (Wildman–Crippen LogP) is 2.30. The number of nitrogens with zero attached hydrogens (tertiary/aromatic N) is 2. The zero-order valence-electron chi connectivity index (χ0n) is 12.8. The van der Waals surface area contributed by atoms with E-state index in [0.29, 0.717) is 18.0 Å². The van der Waals surface area contributed by atoms with Crippen molar-refractivity contribution in [2.75, 3.05) is 32.7 Å². The Kier molecular flexibility index (Phi) is 4.49. The van der Waals surface area contributed by atoms with E-state index in [9.17, 15) is 4.79 Å². The highest BCUT2D eigenvalue weighted by Crippen LogP contribution is 2.30. The topological polar surface area (TPSA) is 35.6 Å². The van der Waals surface area contributed by atoms with Gasteiger partial charge in [0.2, 0.25) is 0 Å². The van der Waals surface area contributed by atoms with Crippen LogP contribution in [-0.4, -0.2) is 54.6 Å². The molecule has 20 heavy (non-hydrogen) atoms. The summed E-state index contributed by atoms with van der Waals surface area (Å²) < 4.78 is 0. The average molecular weight is 279 g/mol. The van der Waals surface area contributed by atoms with Crippen LogP contribution in [0.1, 0.15) is 45.4 Å². The normalized spacial score (nSPS) is 25.8. The molecule has 2 amide bonds. The third-order valence-electron chi connectivity index (χ3n) is 5.20. The minimum Gasteiger partial charge on any atom is -0.325 e. The van der Waals surface area contributed by atoms with Gasteiger partial charge in [0.25, 0.3) is 0 Å². The molecule has 2 heterocycles. The molecule has 4 nitrogen and oxygen atoms in total. The summed E-state index contributed by atoms with van der Waals surface area (Å²) in [5.74, 6) is 1.50. The molecule has 0 aromatic carbocycles. The summed E-state index contributed by atoms with van der Waals surface area (Å²) in [6.07, 6.45) is 7.26. The second-order valence-corrected chi connectivity index (χ2v) is 7.03.